The van der Waals surface area contributed by atoms with Crippen LogP contribution in [0.5, 0.6) is 0 Å². The van der Waals surface area contributed by atoms with Crippen LogP contribution in [-0.2, 0) is 0 Å². The van der Waals surface area contributed by atoms with E-state index >= 15 is 0 Å². The van der Waals surface area contributed by atoms with Crippen LogP contribution in [0.25, 0.3) is 0 Å². The van der Waals surface area contributed by atoms with Crippen LogP contribution in [0.1, 0.15) is 5.56 Å². The highest BCUT2D eigenvalue weighted by Crippen LogP contribution is 2.24. The lowest BCUT2D eigenvalue weighted by atomic mass is 10.2. The van der Waals surface area contributed by atoms with Gasteiger partial charge in [0.05, 0.1) is 11.3 Å². The van der Waals surface area contributed by atoms with Gasteiger partial charge in [0.25, 0.3) is 0 Å². The third-order valence-electron chi connectivity index (χ3n) is 2.11. The lowest BCUT2D eigenvalue weighted by Crippen LogP contribution is -1.75. The fourth-order valence-corrected chi connectivity index (χ4v) is 1.46. The van der Waals surface area contributed by atoms with Crippen molar-refractivity contribution in [2.45, 2.75) is 0 Å². The molecule has 17 heavy (non-hydrogen) atoms. The summed E-state index contributed by atoms with van der Waals surface area (Å²) in [6, 6.07) is 16.3. The van der Waals surface area contributed by atoms with Crippen LogP contribution >= 0.6 is 11.6 Å². The number of benzene rings is 2. The predicted molar refractivity (Wildman–Crippen MR) is 66.8 cm³/mol. The van der Waals surface area contributed by atoms with E-state index in [1.165, 1.54) is 0 Å². The third-order valence-corrected chi connectivity index (χ3v) is 2.34. The van der Waals surface area contributed by atoms with E-state index in [4.69, 9.17) is 16.9 Å². The van der Waals surface area contributed by atoms with E-state index in [0.717, 1.165) is 5.69 Å². The molecule has 0 spiro atoms. The molecule has 0 bridgehead atoms. The zero-order chi connectivity index (χ0) is 12.1. The highest BCUT2D eigenvalue weighted by molar-refractivity contribution is 6.30. The summed E-state index contributed by atoms with van der Waals surface area (Å²) in [5.41, 5.74) is 1.67. The number of azo groups is 1. The molecule has 4 heteroatoms. The second kappa shape index (κ2) is 5.24. The summed E-state index contributed by atoms with van der Waals surface area (Å²) in [5, 5.41) is 17.5. The Morgan fingerprint density at radius 3 is 2.47 bits per heavy atom. The minimum Gasteiger partial charge on any atom is -0.192 e. The van der Waals surface area contributed by atoms with Gasteiger partial charge in [-0.15, -0.1) is 5.11 Å². The quantitative estimate of drug-likeness (QED) is 0.707. The predicted octanol–water partition coefficient (Wildman–Crippen LogP) is 4.63. The van der Waals surface area contributed by atoms with Crippen LogP contribution in [-0.4, -0.2) is 0 Å². The lowest BCUT2D eigenvalue weighted by molar-refractivity contribution is 1.22. The molecule has 3 nitrogen and oxygen atoms in total. The van der Waals surface area contributed by atoms with E-state index in [1.807, 2.05) is 36.4 Å². The first kappa shape index (κ1) is 11.3. The number of hydrogen-bond donors (Lipinski definition) is 0. The molecule has 0 aliphatic heterocycles. The van der Waals surface area contributed by atoms with Crippen LogP contribution in [0, 0.1) is 11.3 Å². The van der Waals surface area contributed by atoms with Gasteiger partial charge in [-0.2, -0.15) is 10.4 Å². The van der Waals surface area contributed by atoms with Gasteiger partial charge in [0, 0.05) is 5.02 Å². The minimum absolute atomic E-state index is 0.414. The maximum Gasteiger partial charge on any atom is 0.104 e. The molecule has 0 saturated carbocycles. The summed E-state index contributed by atoms with van der Waals surface area (Å²) in [5.74, 6) is 0. The molecular weight excluding hydrogens is 234 g/mol. The van der Waals surface area contributed by atoms with Gasteiger partial charge in [-0.25, -0.2) is 0 Å². The minimum atomic E-state index is 0.414. The molecule has 2 rings (SSSR count). The van der Waals surface area contributed by atoms with Gasteiger partial charge >= 0.3 is 0 Å². The maximum absolute atomic E-state index is 8.93. The van der Waals surface area contributed by atoms with Gasteiger partial charge in [0.15, 0.2) is 0 Å². The second-order valence-electron chi connectivity index (χ2n) is 3.31. The summed E-state index contributed by atoms with van der Waals surface area (Å²) in [6.07, 6.45) is 0. The van der Waals surface area contributed by atoms with Crippen LogP contribution in [0.3, 0.4) is 0 Å². The van der Waals surface area contributed by atoms with E-state index in [-0.39, 0.29) is 0 Å². The number of nitriles is 1. The van der Waals surface area contributed by atoms with E-state index < -0.39 is 0 Å². The van der Waals surface area contributed by atoms with Crippen molar-refractivity contribution >= 4 is 23.0 Å². The van der Waals surface area contributed by atoms with Gasteiger partial charge in [-0.3, -0.25) is 0 Å². The van der Waals surface area contributed by atoms with E-state index in [2.05, 4.69) is 10.2 Å². The molecule has 0 heterocycles. The Hall–Kier alpha value is -2.18. The average Bonchev–Trinajstić information content (AvgIpc) is 2.38. The standard InChI is InChI=1S/C13H8ClN3/c14-11-6-7-13(10(8-11)9-15)17-16-12-4-2-1-3-5-12/h1-8H. The fourth-order valence-electron chi connectivity index (χ4n) is 1.29. The second-order valence-corrected chi connectivity index (χ2v) is 3.75. The van der Waals surface area contributed by atoms with Gasteiger partial charge in [0.2, 0.25) is 0 Å². The van der Waals surface area contributed by atoms with Crippen molar-refractivity contribution in [3.8, 4) is 6.07 Å². The zero-order valence-corrected chi connectivity index (χ0v) is 9.59. The highest BCUT2D eigenvalue weighted by Gasteiger charge is 2.01. The van der Waals surface area contributed by atoms with Crippen molar-refractivity contribution in [1.82, 2.24) is 0 Å². The van der Waals surface area contributed by atoms with Gasteiger partial charge in [0.1, 0.15) is 11.8 Å². The average molecular weight is 242 g/mol. The molecule has 2 aromatic carbocycles. The first-order chi connectivity index (χ1) is 8.29. The lowest BCUT2D eigenvalue weighted by Gasteiger charge is -1.96. The van der Waals surface area contributed by atoms with E-state index in [1.54, 1.807) is 18.2 Å². The van der Waals surface area contributed by atoms with Crippen molar-refractivity contribution in [1.29, 1.82) is 5.26 Å². The number of halogens is 1. The largest absolute Gasteiger partial charge is 0.192 e. The first-order valence-electron chi connectivity index (χ1n) is 4.96. The maximum atomic E-state index is 8.93. The molecule has 0 aromatic heterocycles. The highest BCUT2D eigenvalue weighted by atomic mass is 35.5. The Kier molecular flexibility index (Phi) is 3.49. The molecule has 82 valence electrons. The first-order valence-corrected chi connectivity index (χ1v) is 5.34. The summed E-state index contributed by atoms with van der Waals surface area (Å²) in [4.78, 5) is 0. The molecule has 0 saturated heterocycles. The van der Waals surface area contributed by atoms with Crippen molar-refractivity contribution in [2.24, 2.45) is 10.2 Å². The molecule has 0 aliphatic carbocycles. The van der Waals surface area contributed by atoms with Crippen molar-refractivity contribution in [3.63, 3.8) is 0 Å². The SMILES string of the molecule is N#Cc1cc(Cl)ccc1N=Nc1ccccc1. The topological polar surface area (TPSA) is 48.5 Å². The summed E-state index contributed by atoms with van der Waals surface area (Å²) in [6.45, 7) is 0. The number of rotatable bonds is 2. The number of hydrogen-bond acceptors (Lipinski definition) is 3. The molecule has 0 amide bonds. The number of nitrogens with zero attached hydrogens (tertiary/aromatic N) is 3. The Balaban J connectivity index is 2.31. The van der Waals surface area contributed by atoms with Gasteiger partial charge < -0.3 is 0 Å². The van der Waals surface area contributed by atoms with Crippen LogP contribution < -0.4 is 0 Å². The van der Waals surface area contributed by atoms with Gasteiger partial charge in [-0.1, -0.05) is 29.8 Å². The van der Waals surface area contributed by atoms with Crippen LogP contribution in [0.15, 0.2) is 58.8 Å². The smallest absolute Gasteiger partial charge is 0.104 e. The third kappa shape index (κ3) is 2.90. The summed E-state index contributed by atoms with van der Waals surface area (Å²) in [7, 11) is 0. The van der Waals surface area contributed by atoms with Crippen LogP contribution in [0.4, 0.5) is 11.4 Å². The van der Waals surface area contributed by atoms with Crippen LogP contribution in [0.2, 0.25) is 5.02 Å². The molecule has 0 fully saturated rings. The summed E-state index contributed by atoms with van der Waals surface area (Å²) < 4.78 is 0. The van der Waals surface area contributed by atoms with Gasteiger partial charge in [-0.05, 0) is 30.3 Å². The Labute approximate surface area is 104 Å². The Morgan fingerprint density at radius 2 is 1.76 bits per heavy atom. The molecule has 0 unspecified atom stereocenters. The van der Waals surface area contributed by atoms with E-state index in [0.29, 0.717) is 16.3 Å². The van der Waals surface area contributed by atoms with Crippen molar-refractivity contribution in [3.05, 3.63) is 59.1 Å². The molecule has 0 N–H and O–H groups in total. The molecular formula is C13H8ClN3. The molecule has 0 aliphatic rings. The Morgan fingerprint density at radius 1 is 1.00 bits per heavy atom. The monoisotopic (exact) mass is 241 g/mol. The molecule has 2 aromatic rings. The summed E-state index contributed by atoms with van der Waals surface area (Å²) >= 11 is 5.79. The zero-order valence-electron chi connectivity index (χ0n) is 8.84. The van der Waals surface area contributed by atoms with E-state index in [9.17, 15) is 0 Å². The van der Waals surface area contributed by atoms with Crippen molar-refractivity contribution < 1.29 is 0 Å². The van der Waals surface area contributed by atoms with Crippen molar-refractivity contribution in [2.75, 3.05) is 0 Å². The molecule has 0 atom stereocenters. The molecule has 0 radical (unpaired) electrons. The normalized spacial score (nSPS) is 10.4. The fraction of sp³-hybridized carbons (Fsp3) is 0. The Bertz CT molecular complexity index is 585.